The number of carbonyl (C=O) groups excluding carboxylic acids is 2. The lowest BCUT2D eigenvalue weighted by Gasteiger charge is -2.38. The van der Waals surface area contributed by atoms with E-state index in [0.717, 1.165) is 30.3 Å². The molecule has 9 nitrogen and oxygen atoms in total. The number of aromatic hydroxyl groups is 1. The Morgan fingerprint density at radius 3 is 2.62 bits per heavy atom. The maximum Gasteiger partial charge on any atom is 0.447 e. The molecule has 0 saturated heterocycles. The third-order valence-corrected chi connectivity index (χ3v) is 8.61. The fourth-order valence-electron chi connectivity index (χ4n) is 5.74. The van der Waals surface area contributed by atoms with Crippen LogP contribution in [0.4, 0.5) is 23.2 Å². The number of phenolic OH excluding ortho intramolecular Hbond substituents is 1. The average molecular weight is 603 g/mol. The molecular formula is C28H26F4N6O3S. The number of halogens is 4. The number of pyridine rings is 1. The minimum absolute atomic E-state index is 0.0761. The number of thioether (sulfide) groups is 1. The molecule has 0 bridgehead atoms. The van der Waals surface area contributed by atoms with Gasteiger partial charge in [-0.15, -0.1) is 0 Å². The molecule has 1 fully saturated rings. The van der Waals surface area contributed by atoms with Gasteiger partial charge >= 0.3 is 5.51 Å². The quantitative estimate of drug-likeness (QED) is 0.251. The fraction of sp³-hybridized carbons (Fsp3) is 0.357. The zero-order chi connectivity index (χ0) is 29.9. The Bertz CT molecular complexity index is 1620. The number of rotatable bonds is 5. The standard InChI is InChI=1S/C28H26F4N6O3S/c1-2-22(40)36-9-7-17-23-19(38(35-17)18-6-5-15(11-21(18)39)14-3-4-14)8-10-37(20(23)13-36)27(41)16-12-34-26(24(29)25(16)33)42-28(30,31)32/h2,5-6,11-12,14,20,39H,1,3-4,7-10,13H2,(H2,33,34)/t20-/m0/s1. The zero-order valence-corrected chi connectivity index (χ0v) is 23.0. The summed E-state index contributed by atoms with van der Waals surface area (Å²) in [6, 6.07) is 4.81. The van der Waals surface area contributed by atoms with Crippen molar-refractivity contribution in [3.05, 3.63) is 70.9 Å². The Morgan fingerprint density at radius 1 is 1.19 bits per heavy atom. The molecule has 3 aromatic rings. The van der Waals surface area contributed by atoms with Gasteiger partial charge < -0.3 is 20.6 Å². The van der Waals surface area contributed by atoms with Gasteiger partial charge in [-0.05, 0) is 42.5 Å². The molecule has 0 spiro atoms. The van der Waals surface area contributed by atoms with Crippen molar-refractivity contribution in [3.63, 3.8) is 0 Å². The van der Waals surface area contributed by atoms with Crippen LogP contribution >= 0.6 is 11.8 Å². The molecule has 2 amide bonds. The van der Waals surface area contributed by atoms with Crippen molar-refractivity contribution in [2.75, 3.05) is 25.4 Å². The average Bonchev–Trinajstić information content (AvgIpc) is 3.76. The number of hydrogen-bond acceptors (Lipinski definition) is 7. The molecule has 3 N–H and O–H groups in total. The molecular weight excluding hydrogens is 576 g/mol. The topological polar surface area (TPSA) is 118 Å². The highest BCUT2D eigenvalue weighted by molar-refractivity contribution is 8.00. The predicted molar refractivity (Wildman–Crippen MR) is 146 cm³/mol. The van der Waals surface area contributed by atoms with Gasteiger partial charge in [0.05, 0.1) is 28.7 Å². The Labute approximate surface area is 242 Å². The van der Waals surface area contributed by atoms with Gasteiger partial charge in [0, 0.05) is 56.0 Å². The molecule has 42 heavy (non-hydrogen) atoms. The number of nitrogen functional groups attached to an aromatic ring is 1. The van der Waals surface area contributed by atoms with Crippen LogP contribution < -0.4 is 5.73 Å². The van der Waals surface area contributed by atoms with Gasteiger partial charge in [-0.25, -0.2) is 14.1 Å². The number of hydrogen-bond donors (Lipinski definition) is 2. The molecule has 2 aliphatic heterocycles. The van der Waals surface area contributed by atoms with E-state index in [1.54, 1.807) is 10.7 Å². The second-order valence-corrected chi connectivity index (χ2v) is 11.6. The molecule has 6 rings (SSSR count). The summed E-state index contributed by atoms with van der Waals surface area (Å²) in [6.07, 6.45) is 4.86. The highest BCUT2D eigenvalue weighted by Gasteiger charge is 2.41. The van der Waals surface area contributed by atoms with Gasteiger partial charge in [0.2, 0.25) is 5.91 Å². The molecule has 1 saturated carbocycles. The predicted octanol–water partition coefficient (Wildman–Crippen LogP) is 4.49. The second kappa shape index (κ2) is 10.3. The molecule has 2 aromatic heterocycles. The van der Waals surface area contributed by atoms with Crippen LogP contribution in [0.2, 0.25) is 0 Å². The van der Waals surface area contributed by atoms with Crippen LogP contribution in [0.5, 0.6) is 5.75 Å². The summed E-state index contributed by atoms with van der Waals surface area (Å²) in [7, 11) is 0. The van der Waals surface area contributed by atoms with E-state index in [-0.39, 0.29) is 30.3 Å². The molecule has 14 heteroatoms. The normalized spacial score (nSPS) is 18.4. The molecule has 1 aliphatic carbocycles. The van der Waals surface area contributed by atoms with Crippen molar-refractivity contribution in [2.45, 2.75) is 48.2 Å². The smallest absolute Gasteiger partial charge is 0.447 e. The van der Waals surface area contributed by atoms with Crippen molar-refractivity contribution in [2.24, 2.45) is 0 Å². The summed E-state index contributed by atoms with van der Waals surface area (Å²) in [5, 5.41) is 14.7. The third-order valence-electron chi connectivity index (χ3n) is 7.90. The number of aromatic nitrogens is 3. The largest absolute Gasteiger partial charge is 0.506 e. The summed E-state index contributed by atoms with van der Waals surface area (Å²) < 4.78 is 55.0. The molecule has 1 aromatic carbocycles. The van der Waals surface area contributed by atoms with E-state index >= 15 is 0 Å². The van der Waals surface area contributed by atoms with Crippen LogP contribution in [-0.2, 0) is 17.6 Å². The molecule has 3 aliphatic rings. The lowest BCUT2D eigenvalue weighted by Crippen LogP contribution is -2.46. The van der Waals surface area contributed by atoms with Crippen LogP contribution in [0.25, 0.3) is 5.69 Å². The van der Waals surface area contributed by atoms with Crippen molar-refractivity contribution >= 4 is 29.3 Å². The van der Waals surface area contributed by atoms with E-state index in [9.17, 15) is 32.3 Å². The van der Waals surface area contributed by atoms with E-state index < -0.39 is 45.7 Å². The number of nitrogens with zero attached hydrogens (tertiary/aromatic N) is 5. The molecule has 0 radical (unpaired) electrons. The Hall–Kier alpha value is -4.07. The summed E-state index contributed by atoms with van der Waals surface area (Å²) in [5.74, 6) is -1.98. The van der Waals surface area contributed by atoms with E-state index in [0.29, 0.717) is 42.2 Å². The van der Waals surface area contributed by atoms with Gasteiger partial charge in [-0.3, -0.25) is 9.59 Å². The highest BCUT2D eigenvalue weighted by atomic mass is 32.2. The lowest BCUT2D eigenvalue weighted by atomic mass is 9.94. The first-order valence-electron chi connectivity index (χ1n) is 13.3. The maximum absolute atomic E-state index is 14.8. The van der Waals surface area contributed by atoms with Crippen molar-refractivity contribution < 1.29 is 32.3 Å². The summed E-state index contributed by atoms with van der Waals surface area (Å²) in [6.45, 7) is 4.04. The number of anilines is 1. The van der Waals surface area contributed by atoms with Crippen molar-refractivity contribution in [3.8, 4) is 11.4 Å². The molecule has 220 valence electrons. The van der Waals surface area contributed by atoms with Crippen molar-refractivity contribution in [1.82, 2.24) is 24.6 Å². The lowest BCUT2D eigenvalue weighted by molar-refractivity contribution is -0.126. The zero-order valence-electron chi connectivity index (χ0n) is 22.2. The van der Waals surface area contributed by atoms with Crippen LogP contribution in [0.3, 0.4) is 0 Å². The van der Waals surface area contributed by atoms with Crippen LogP contribution in [-0.4, -0.2) is 66.6 Å². The monoisotopic (exact) mass is 602 g/mol. The number of phenols is 1. The first-order chi connectivity index (χ1) is 20.0. The summed E-state index contributed by atoms with van der Waals surface area (Å²) in [4.78, 5) is 32.9. The molecule has 0 unspecified atom stereocenters. The first kappa shape index (κ1) is 28.1. The minimum Gasteiger partial charge on any atom is -0.506 e. The Morgan fingerprint density at radius 2 is 1.95 bits per heavy atom. The SMILES string of the molecule is C=CC(=O)N1CCc2nn(-c3ccc(C4CC4)cc3O)c3c2[C@H](C1)N(C(=O)c1cnc(SC(F)(F)F)c(F)c1N)CC3. The Kier molecular flexibility index (Phi) is 6.90. The van der Waals surface area contributed by atoms with E-state index in [4.69, 9.17) is 10.8 Å². The van der Waals surface area contributed by atoms with E-state index in [1.165, 1.54) is 15.9 Å². The van der Waals surface area contributed by atoms with Gasteiger partial charge in [-0.2, -0.15) is 18.3 Å². The van der Waals surface area contributed by atoms with E-state index in [1.807, 2.05) is 12.1 Å². The van der Waals surface area contributed by atoms with Gasteiger partial charge in [0.15, 0.2) is 5.82 Å². The summed E-state index contributed by atoms with van der Waals surface area (Å²) >= 11 is -0.755. The van der Waals surface area contributed by atoms with Gasteiger partial charge in [0.25, 0.3) is 5.91 Å². The third kappa shape index (κ3) is 4.97. The van der Waals surface area contributed by atoms with E-state index in [2.05, 4.69) is 11.6 Å². The Balaban J connectivity index is 1.40. The molecule has 4 heterocycles. The number of benzene rings is 1. The molecule has 1 atom stereocenters. The first-order valence-corrected chi connectivity index (χ1v) is 14.1. The van der Waals surface area contributed by atoms with Gasteiger partial charge in [0.1, 0.15) is 16.5 Å². The van der Waals surface area contributed by atoms with Crippen molar-refractivity contribution in [1.29, 1.82) is 0 Å². The highest BCUT2D eigenvalue weighted by Crippen LogP contribution is 2.44. The minimum atomic E-state index is -4.79. The number of alkyl halides is 3. The van der Waals surface area contributed by atoms with Crippen LogP contribution in [0, 0.1) is 5.82 Å². The van der Waals surface area contributed by atoms with Crippen LogP contribution in [0.1, 0.15) is 57.7 Å². The van der Waals surface area contributed by atoms with Crippen LogP contribution in [0.15, 0.2) is 42.1 Å². The second-order valence-electron chi connectivity index (χ2n) is 10.5. The maximum atomic E-state index is 14.8. The number of amides is 2. The number of carbonyl (C=O) groups is 2. The summed E-state index contributed by atoms with van der Waals surface area (Å²) in [5.41, 5.74) is 3.57. The van der Waals surface area contributed by atoms with Gasteiger partial charge in [-0.1, -0.05) is 12.6 Å². The fourth-order valence-corrected chi connectivity index (χ4v) is 6.27. The number of nitrogens with two attached hydrogens (primary N) is 1.